The first kappa shape index (κ1) is 20.1. The van der Waals surface area contributed by atoms with E-state index < -0.39 is 6.23 Å². The Morgan fingerprint density at radius 2 is 1.87 bits per heavy atom. The third-order valence-corrected chi connectivity index (χ3v) is 7.18. The van der Waals surface area contributed by atoms with Crippen molar-refractivity contribution in [1.82, 2.24) is 19.7 Å². The van der Waals surface area contributed by atoms with Gasteiger partial charge in [0.05, 0.1) is 5.71 Å². The number of thiophene rings is 1. The minimum atomic E-state index is -0.648. The van der Waals surface area contributed by atoms with Crippen LogP contribution in [0.15, 0.2) is 35.3 Å². The monoisotopic (exact) mass is 435 g/mol. The molecule has 160 valence electrons. The fraction of sp³-hybridized carbons (Fsp3) is 0.391. The number of hydrogen-bond donors (Lipinski definition) is 0. The third kappa shape index (κ3) is 3.40. The van der Waals surface area contributed by atoms with Crippen molar-refractivity contribution in [2.24, 2.45) is 4.99 Å². The number of fused-ring (bicyclic) bond motifs is 3. The van der Waals surface area contributed by atoms with Gasteiger partial charge in [-0.05, 0) is 38.7 Å². The van der Waals surface area contributed by atoms with E-state index in [1.54, 1.807) is 23.1 Å². The summed E-state index contributed by atoms with van der Waals surface area (Å²) < 4.78 is 7.50. The zero-order chi connectivity index (χ0) is 21.5. The third-order valence-electron chi connectivity index (χ3n) is 6.00. The van der Waals surface area contributed by atoms with E-state index in [2.05, 4.69) is 36.1 Å². The van der Waals surface area contributed by atoms with Crippen LogP contribution >= 0.6 is 11.3 Å². The molecule has 1 atom stereocenters. The first-order chi connectivity index (χ1) is 15.1. The fourth-order valence-electron chi connectivity index (χ4n) is 4.21. The molecule has 8 heteroatoms. The summed E-state index contributed by atoms with van der Waals surface area (Å²) in [6.07, 6.45) is 2.57. The average Bonchev–Trinajstić information content (AvgIpc) is 3.34. The number of methoxy groups -OCH3 is 1. The number of hydrogen-bond acceptors (Lipinski definition) is 6. The van der Waals surface area contributed by atoms with E-state index in [1.165, 1.54) is 4.88 Å². The summed E-state index contributed by atoms with van der Waals surface area (Å²) in [5.41, 5.74) is 4.06. The van der Waals surface area contributed by atoms with E-state index >= 15 is 0 Å². The zero-order valence-corrected chi connectivity index (χ0v) is 18.8. The van der Waals surface area contributed by atoms with Gasteiger partial charge in [0.15, 0.2) is 5.82 Å². The normalized spacial score (nSPS) is 18.2. The Morgan fingerprint density at radius 3 is 2.58 bits per heavy atom. The second-order valence-corrected chi connectivity index (χ2v) is 9.16. The number of piperidine rings is 1. The maximum Gasteiger partial charge on any atom is 0.293 e. The van der Waals surface area contributed by atoms with Crippen LogP contribution in [0.3, 0.4) is 0 Å². The van der Waals surface area contributed by atoms with Crippen LogP contribution < -0.4 is 0 Å². The SMILES string of the molecule is COC1N=C(c2ccccc2)c2c(sc(C)c2C)-n2nc(C(=O)N3CCCCC3)nc21. The van der Waals surface area contributed by atoms with Crippen molar-refractivity contribution < 1.29 is 9.53 Å². The van der Waals surface area contributed by atoms with Gasteiger partial charge in [0.2, 0.25) is 12.1 Å². The number of ether oxygens (including phenoxy) is 1. The van der Waals surface area contributed by atoms with Crippen LogP contribution in [0.25, 0.3) is 5.00 Å². The molecular weight excluding hydrogens is 410 g/mol. The Labute approximate surface area is 185 Å². The molecule has 3 aromatic rings. The number of benzene rings is 1. The molecule has 0 bridgehead atoms. The fourth-order valence-corrected chi connectivity index (χ4v) is 5.33. The molecule has 31 heavy (non-hydrogen) atoms. The molecule has 1 aromatic carbocycles. The lowest BCUT2D eigenvalue weighted by Crippen LogP contribution is -2.36. The Bertz CT molecular complexity index is 1160. The van der Waals surface area contributed by atoms with Crippen LogP contribution in [-0.2, 0) is 4.74 Å². The molecule has 1 fully saturated rings. The van der Waals surface area contributed by atoms with Crippen LogP contribution in [-0.4, -0.2) is 51.5 Å². The predicted molar refractivity (Wildman–Crippen MR) is 120 cm³/mol. The first-order valence-corrected chi connectivity index (χ1v) is 11.4. The number of amides is 1. The summed E-state index contributed by atoms with van der Waals surface area (Å²) in [5.74, 6) is 0.636. The summed E-state index contributed by atoms with van der Waals surface area (Å²) in [5, 5.41) is 5.61. The van der Waals surface area contributed by atoms with Crippen molar-refractivity contribution >= 4 is 23.0 Å². The lowest BCUT2D eigenvalue weighted by Gasteiger charge is -2.25. The highest BCUT2D eigenvalue weighted by molar-refractivity contribution is 7.15. The molecule has 4 heterocycles. The van der Waals surface area contributed by atoms with Crippen LogP contribution in [0.4, 0.5) is 0 Å². The molecular formula is C23H25N5O2S. The van der Waals surface area contributed by atoms with E-state index in [-0.39, 0.29) is 11.7 Å². The van der Waals surface area contributed by atoms with Crippen molar-refractivity contribution in [1.29, 1.82) is 0 Å². The highest BCUT2D eigenvalue weighted by atomic mass is 32.1. The first-order valence-electron chi connectivity index (χ1n) is 10.6. The minimum Gasteiger partial charge on any atom is -0.353 e. The molecule has 0 N–H and O–H groups in total. The molecule has 0 saturated carbocycles. The van der Waals surface area contributed by atoms with Crippen molar-refractivity contribution in [3.05, 3.63) is 63.5 Å². The van der Waals surface area contributed by atoms with Gasteiger partial charge in [-0.2, -0.15) is 0 Å². The Morgan fingerprint density at radius 1 is 1.13 bits per heavy atom. The molecule has 1 saturated heterocycles. The summed E-state index contributed by atoms with van der Waals surface area (Å²) in [4.78, 5) is 25.7. The molecule has 7 nitrogen and oxygen atoms in total. The van der Waals surface area contributed by atoms with Crippen LogP contribution in [0, 0.1) is 13.8 Å². The topological polar surface area (TPSA) is 72.6 Å². The number of nitrogens with zero attached hydrogens (tertiary/aromatic N) is 5. The van der Waals surface area contributed by atoms with E-state index in [1.807, 2.05) is 23.1 Å². The van der Waals surface area contributed by atoms with Crippen LogP contribution in [0.2, 0.25) is 0 Å². The Kier molecular flexibility index (Phi) is 5.19. The molecule has 0 radical (unpaired) electrons. The van der Waals surface area contributed by atoms with Crippen LogP contribution in [0.5, 0.6) is 0 Å². The number of aromatic nitrogens is 3. The van der Waals surface area contributed by atoms with Crippen molar-refractivity contribution in [2.45, 2.75) is 39.3 Å². The lowest BCUT2D eigenvalue weighted by molar-refractivity contribution is 0.0711. The molecule has 1 amide bonds. The van der Waals surface area contributed by atoms with Gasteiger partial charge in [0.25, 0.3) is 5.91 Å². The molecule has 1 unspecified atom stereocenters. The van der Waals surface area contributed by atoms with E-state index in [9.17, 15) is 4.79 Å². The quantitative estimate of drug-likeness (QED) is 0.622. The largest absolute Gasteiger partial charge is 0.353 e. The highest BCUT2D eigenvalue weighted by Crippen LogP contribution is 2.38. The summed E-state index contributed by atoms with van der Waals surface area (Å²) in [6.45, 7) is 5.72. The minimum absolute atomic E-state index is 0.117. The smallest absolute Gasteiger partial charge is 0.293 e. The maximum absolute atomic E-state index is 13.1. The van der Waals surface area contributed by atoms with E-state index in [0.717, 1.165) is 59.8 Å². The van der Waals surface area contributed by atoms with Gasteiger partial charge in [-0.15, -0.1) is 16.4 Å². The number of rotatable bonds is 3. The van der Waals surface area contributed by atoms with E-state index in [0.29, 0.717) is 5.82 Å². The molecule has 0 aliphatic carbocycles. The molecule has 2 aliphatic heterocycles. The van der Waals surface area contributed by atoms with Crippen molar-refractivity contribution in [3.8, 4) is 5.00 Å². The Balaban J connectivity index is 1.67. The summed E-state index contributed by atoms with van der Waals surface area (Å²) in [7, 11) is 1.61. The second-order valence-electron chi connectivity index (χ2n) is 7.95. The lowest BCUT2D eigenvalue weighted by atomic mass is 10.00. The van der Waals surface area contributed by atoms with Gasteiger partial charge in [0.1, 0.15) is 5.00 Å². The molecule has 2 aliphatic rings. The van der Waals surface area contributed by atoms with E-state index in [4.69, 9.17) is 9.73 Å². The summed E-state index contributed by atoms with van der Waals surface area (Å²) in [6, 6.07) is 10.1. The number of carbonyl (C=O) groups is 1. The van der Waals surface area contributed by atoms with Gasteiger partial charge >= 0.3 is 0 Å². The van der Waals surface area contributed by atoms with Crippen molar-refractivity contribution in [2.75, 3.05) is 20.2 Å². The summed E-state index contributed by atoms with van der Waals surface area (Å²) >= 11 is 1.64. The molecule has 5 rings (SSSR count). The standard InChI is InChI=1S/C23H25N5O2S/c1-14-15(2)31-23-17(14)18(16-10-6-4-7-11-16)24-21(30-3)20-25-19(26-28(20)23)22(29)27-12-8-5-9-13-27/h4,6-7,10-11,21H,5,8-9,12-13H2,1-3H3. The predicted octanol–water partition coefficient (Wildman–Crippen LogP) is 4.07. The number of likely N-dealkylation sites (tertiary alicyclic amines) is 1. The number of carbonyl (C=O) groups excluding carboxylic acids is 1. The molecule has 2 aromatic heterocycles. The average molecular weight is 436 g/mol. The van der Waals surface area contributed by atoms with Gasteiger partial charge in [-0.25, -0.2) is 14.7 Å². The zero-order valence-electron chi connectivity index (χ0n) is 18.0. The number of aliphatic imine (C=N–C) groups is 1. The number of aryl methyl sites for hydroxylation is 1. The maximum atomic E-state index is 13.1. The van der Waals surface area contributed by atoms with Gasteiger partial charge < -0.3 is 9.64 Å². The second kappa shape index (κ2) is 8.01. The van der Waals surface area contributed by atoms with Crippen LogP contribution in [0.1, 0.15) is 63.5 Å². The molecule has 0 spiro atoms. The Hall–Kier alpha value is -2.84. The highest BCUT2D eigenvalue weighted by Gasteiger charge is 2.33. The van der Waals surface area contributed by atoms with Gasteiger partial charge in [-0.1, -0.05) is 30.3 Å². The van der Waals surface area contributed by atoms with Crippen molar-refractivity contribution in [3.63, 3.8) is 0 Å². The van der Waals surface area contributed by atoms with Gasteiger partial charge in [-0.3, -0.25) is 4.79 Å². The van der Waals surface area contributed by atoms with Gasteiger partial charge in [0, 0.05) is 36.2 Å².